The van der Waals surface area contributed by atoms with Crippen LogP contribution in [-0.2, 0) is 4.79 Å². The Morgan fingerprint density at radius 2 is 2.07 bits per heavy atom. The summed E-state index contributed by atoms with van der Waals surface area (Å²) in [7, 11) is 0. The monoisotopic (exact) mass is 198 g/mol. The van der Waals surface area contributed by atoms with Gasteiger partial charge in [0.15, 0.2) is 0 Å². The summed E-state index contributed by atoms with van der Waals surface area (Å²) in [5, 5.41) is 3.00. The molecule has 1 amide bonds. The van der Waals surface area contributed by atoms with E-state index in [1.807, 2.05) is 0 Å². The summed E-state index contributed by atoms with van der Waals surface area (Å²) in [6.07, 6.45) is 6.82. The number of hydrogen-bond acceptors (Lipinski definition) is 2. The largest absolute Gasteiger partial charge is 0.356 e. The summed E-state index contributed by atoms with van der Waals surface area (Å²) in [5.74, 6) is 0.104. The van der Waals surface area contributed by atoms with Crippen LogP contribution >= 0.6 is 0 Å². The molecule has 0 saturated heterocycles. The molecule has 82 valence electrons. The molecule has 0 aliphatic heterocycles. The molecule has 0 aromatic carbocycles. The third-order valence-electron chi connectivity index (χ3n) is 3.45. The van der Waals surface area contributed by atoms with Crippen molar-refractivity contribution in [2.75, 3.05) is 13.1 Å². The highest BCUT2D eigenvalue weighted by molar-refractivity contribution is 5.76. The van der Waals surface area contributed by atoms with Crippen LogP contribution in [0.25, 0.3) is 0 Å². The number of amides is 1. The van der Waals surface area contributed by atoms with E-state index in [0.717, 1.165) is 6.54 Å². The maximum absolute atomic E-state index is 11.3. The van der Waals surface area contributed by atoms with E-state index in [0.29, 0.717) is 18.4 Å². The second-order valence-corrected chi connectivity index (χ2v) is 4.38. The van der Waals surface area contributed by atoms with Gasteiger partial charge >= 0.3 is 0 Å². The number of nitrogens with one attached hydrogen (secondary N) is 1. The van der Waals surface area contributed by atoms with Gasteiger partial charge in [0, 0.05) is 19.5 Å². The Morgan fingerprint density at radius 3 is 2.57 bits per heavy atom. The molecule has 0 atom stereocenters. The Hall–Kier alpha value is -0.570. The number of hydrogen-bond donors (Lipinski definition) is 2. The van der Waals surface area contributed by atoms with Gasteiger partial charge in [0.1, 0.15) is 0 Å². The smallest absolute Gasteiger partial charge is 0.221 e. The third-order valence-corrected chi connectivity index (χ3v) is 3.45. The van der Waals surface area contributed by atoms with Crippen molar-refractivity contribution in [2.45, 2.75) is 45.4 Å². The minimum atomic E-state index is 0.104. The molecule has 3 nitrogen and oxygen atoms in total. The van der Waals surface area contributed by atoms with E-state index in [2.05, 4.69) is 12.2 Å². The van der Waals surface area contributed by atoms with Gasteiger partial charge in [-0.2, -0.15) is 0 Å². The topological polar surface area (TPSA) is 55.1 Å². The van der Waals surface area contributed by atoms with Crippen molar-refractivity contribution in [3.05, 3.63) is 0 Å². The fourth-order valence-corrected chi connectivity index (χ4v) is 2.29. The molecule has 3 heteroatoms. The molecule has 3 N–H and O–H groups in total. The lowest BCUT2D eigenvalue weighted by Crippen LogP contribution is -2.36. The first-order valence-electron chi connectivity index (χ1n) is 5.69. The number of carbonyl (C=O) groups is 1. The molecule has 14 heavy (non-hydrogen) atoms. The summed E-state index contributed by atoms with van der Waals surface area (Å²) >= 11 is 0. The zero-order valence-electron chi connectivity index (χ0n) is 9.14. The van der Waals surface area contributed by atoms with Crippen LogP contribution in [0.15, 0.2) is 0 Å². The minimum Gasteiger partial charge on any atom is -0.356 e. The molecular weight excluding hydrogens is 176 g/mol. The van der Waals surface area contributed by atoms with Crippen molar-refractivity contribution in [2.24, 2.45) is 11.1 Å². The molecule has 0 aromatic rings. The van der Waals surface area contributed by atoms with Gasteiger partial charge in [0.25, 0.3) is 0 Å². The first kappa shape index (κ1) is 11.5. The Kier molecular flexibility index (Phi) is 4.39. The molecule has 1 aliphatic carbocycles. The van der Waals surface area contributed by atoms with Gasteiger partial charge in [-0.3, -0.25) is 4.79 Å². The molecule has 0 unspecified atom stereocenters. The first-order valence-corrected chi connectivity index (χ1v) is 5.69. The Bertz CT molecular complexity index is 186. The normalized spacial score (nSPS) is 19.6. The average Bonchev–Trinajstić information content (AvgIpc) is 2.65. The van der Waals surface area contributed by atoms with E-state index in [-0.39, 0.29) is 5.91 Å². The van der Waals surface area contributed by atoms with Crippen molar-refractivity contribution >= 4 is 5.91 Å². The van der Waals surface area contributed by atoms with E-state index in [9.17, 15) is 4.79 Å². The van der Waals surface area contributed by atoms with Gasteiger partial charge in [-0.25, -0.2) is 0 Å². The van der Waals surface area contributed by atoms with E-state index in [1.54, 1.807) is 0 Å². The summed E-state index contributed by atoms with van der Waals surface area (Å²) in [4.78, 5) is 11.3. The fraction of sp³-hybridized carbons (Fsp3) is 0.909. The maximum atomic E-state index is 11.3. The lowest BCUT2D eigenvalue weighted by molar-refractivity contribution is -0.121. The molecule has 0 bridgehead atoms. The molecule has 1 rings (SSSR count). The highest BCUT2D eigenvalue weighted by Crippen LogP contribution is 2.40. The highest BCUT2D eigenvalue weighted by atomic mass is 16.1. The van der Waals surface area contributed by atoms with Crippen LogP contribution in [0.3, 0.4) is 0 Å². The summed E-state index contributed by atoms with van der Waals surface area (Å²) in [5.41, 5.74) is 5.71. The fourth-order valence-electron chi connectivity index (χ4n) is 2.29. The lowest BCUT2D eigenvalue weighted by atomic mass is 9.83. The second-order valence-electron chi connectivity index (χ2n) is 4.38. The van der Waals surface area contributed by atoms with E-state index < -0.39 is 0 Å². The molecule has 0 radical (unpaired) electrons. The molecular formula is C11H22N2O. The van der Waals surface area contributed by atoms with Gasteiger partial charge in [-0.05, 0) is 24.7 Å². The van der Waals surface area contributed by atoms with Crippen molar-refractivity contribution in [1.29, 1.82) is 0 Å². The standard InChI is InChI=1S/C11H22N2O/c1-2-11(6-3-4-7-11)9-13-10(14)5-8-12/h2-9,12H2,1H3,(H,13,14). The molecule has 1 fully saturated rings. The van der Waals surface area contributed by atoms with E-state index in [1.165, 1.54) is 32.1 Å². The van der Waals surface area contributed by atoms with Crippen LogP contribution in [-0.4, -0.2) is 19.0 Å². The van der Waals surface area contributed by atoms with Gasteiger partial charge in [-0.15, -0.1) is 0 Å². The quantitative estimate of drug-likeness (QED) is 0.702. The van der Waals surface area contributed by atoms with Crippen LogP contribution in [0.5, 0.6) is 0 Å². The average molecular weight is 198 g/mol. The zero-order chi connectivity index (χ0) is 10.4. The van der Waals surface area contributed by atoms with Gasteiger partial charge in [0.2, 0.25) is 5.91 Å². The Balaban J connectivity index is 2.30. The van der Waals surface area contributed by atoms with Crippen LogP contribution in [0.4, 0.5) is 0 Å². The van der Waals surface area contributed by atoms with Gasteiger partial charge in [-0.1, -0.05) is 19.8 Å². The van der Waals surface area contributed by atoms with Crippen molar-refractivity contribution in [3.8, 4) is 0 Å². The summed E-state index contributed by atoms with van der Waals surface area (Å²) in [6.45, 7) is 3.52. The van der Waals surface area contributed by atoms with E-state index >= 15 is 0 Å². The van der Waals surface area contributed by atoms with Crippen LogP contribution in [0.2, 0.25) is 0 Å². The lowest BCUT2D eigenvalue weighted by Gasteiger charge is -2.27. The van der Waals surface area contributed by atoms with Crippen molar-refractivity contribution in [1.82, 2.24) is 5.32 Å². The highest BCUT2D eigenvalue weighted by Gasteiger charge is 2.31. The Morgan fingerprint density at radius 1 is 1.43 bits per heavy atom. The molecule has 0 spiro atoms. The van der Waals surface area contributed by atoms with Crippen LogP contribution in [0.1, 0.15) is 45.4 Å². The summed E-state index contributed by atoms with van der Waals surface area (Å²) < 4.78 is 0. The zero-order valence-corrected chi connectivity index (χ0v) is 9.14. The number of carbonyl (C=O) groups excluding carboxylic acids is 1. The number of rotatable bonds is 5. The molecule has 1 saturated carbocycles. The van der Waals surface area contributed by atoms with Crippen LogP contribution in [0, 0.1) is 5.41 Å². The van der Waals surface area contributed by atoms with Crippen molar-refractivity contribution < 1.29 is 4.79 Å². The third kappa shape index (κ3) is 2.98. The molecule has 0 heterocycles. The van der Waals surface area contributed by atoms with Gasteiger partial charge < -0.3 is 11.1 Å². The van der Waals surface area contributed by atoms with E-state index in [4.69, 9.17) is 5.73 Å². The number of nitrogens with two attached hydrogens (primary N) is 1. The predicted molar refractivity (Wildman–Crippen MR) is 57.9 cm³/mol. The Labute approximate surface area is 86.4 Å². The summed E-state index contributed by atoms with van der Waals surface area (Å²) in [6, 6.07) is 0. The first-order chi connectivity index (χ1) is 6.72. The second kappa shape index (κ2) is 5.35. The predicted octanol–water partition coefficient (Wildman–Crippen LogP) is 1.42. The van der Waals surface area contributed by atoms with Gasteiger partial charge in [0.05, 0.1) is 0 Å². The van der Waals surface area contributed by atoms with Crippen LogP contribution < -0.4 is 11.1 Å². The SMILES string of the molecule is CCC1(CNC(=O)CCN)CCCC1. The van der Waals surface area contributed by atoms with Crippen molar-refractivity contribution in [3.63, 3.8) is 0 Å². The molecule has 0 aromatic heterocycles. The maximum Gasteiger partial charge on any atom is 0.221 e. The minimum absolute atomic E-state index is 0.104. The molecule has 1 aliphatic rings.